The third kappa shape index (κ3) is 3.51. The van der Waals surface area contributed by atoms with E-state index in [4.69, 9.17) is 0 Å². The van der Waals surface area contributed by atoms with E-state index in [9.17, 15) is 9.18 Å². The monoisotopic (exact) mass is 319 g/mol. The number of benzene rings is 1. The Morgan fingerprint density at radius 1 is 1.32 bits per heavy atom. The molecule has 1 amide bonds. The summed E-state index contributed by atoms with van der Waals surface area (Å²) in [4.78, 5) is 20.9. The average molecular weight is 319 g/mol. The molecule has 1 aliphatic heterocycles. The topological polar surface area (TPSA) is 36.4 Å². The number of rotatable bonds is 3. The van der Waals surface area contributed by atoms with Crippen LogP contribution in [0.15, 0.2) is 29.6 Å². The zero-order valence-electron chi connectivity index (χ0n) is 12.5. The summed E-state index contributed by atoms with van der Waals surface area (Å²) in [5, 5.41) is 3.17. The quantitative estimate of drug-likeness (QED) is 0.872. The summed E-state index contributed by atoms with van der Waals surface area (Å²) in [5.74, 6) is -0.465. The van der Waals surface area contributed by atoms with Gasteiger partial charge in [0.25, 0.3) is 5.91 Å². The van der Waals surface area contributed by atoms with Crippen molar-refractivity contribution in [2.75, 3.05) is 26.2 Å². The Balaban J connectivity index is 1.56. The summed E-state index contributed by atoms with van der Waals surface area (Å²) in [5.41, 5.74) is 1.48. The number of nitrogens with zero attached hydrogens (tertiary/aromatic N) is 3. The van der Waals surface area contributed by atoms with Gasteiger partial charge in [-0.3, -0.25) is 9.69 Å². The van der Waals surface area contributed by atoms with E-state index in [0.717, 1.165) is 30.3 Å². The molecular formula is C16H18FN3OS. The molecule has 1 aromatic heterocycles. The fourth-order valence-electron chi connectivity index (χ4n) is 2.58. The van der Waals surface area contributed by atoms with Gasteiger partial charge in [-0.05, 0) is 25.1 Å². The largest absolute Gasteiger partial charge is 0.336 e. The zero-order valence-corrected chi connectivity index (χ0v) is 13.3. The maximum Gasteiger partial charge on any atom is 0.254 e. The van der Waals surface area contributed by atoms with E-state index >= 15 is 0 Å². The number of piperazine rings is 1. The number of hydrogen-bond acceptors (Lipinski definition) is 4. The van der Waals surface area contributed by atoms with E-state index in [1.807, 2.05) is 6.92 Å². The predicted octanol–water partition coefficient (Wildman–Crippen LogP) is 2.55. The van der Waals surface area contributed by atoms with Gasteiger partial charge in [0.15, 0.2) is 0 Å². The van der Waals surface area contributed by atoms with Gasteiger partial charge in [-0.15, -0.1) is 11.3 Å². The van der Waals surface area contributed by atoms with Gasteiger partial charge in [-0.25, -0.2) is 9.37 Å². The van der Waals surface area contributed by atoms with E-state index in [2.05, 4.69) is 15.3 Å². The van der Waals surface area contributed by atoms with Gasteiger partial charge < -0.3 is 4.90 Å². The Morgan fingerprint density at radius 3 is 2.73 bits per heavy atom. The van der Waals surface area contributed by atoms with Crippen molar-refractivity contribution in [1.29, 1.82) is 0 Å². The maximum atomic E-state index is 13.2. The Morgan fingerprint density at radius 2 is 2.09 bits per heavy atom. The minimum absolute atomic E-state index is 0.0933. The van der Waals surface area contributed by atoms with E-state index in [1.54, 1.807) is 28.4 Å². The highest BCUT2D eigenvalue weighted by Crippen LogP contribution is 2.15. The van der Waals surface area contributed by atoms with Crippen molar-refractivity contribution < 1.29 is 9.18 Å². The van der Waals surface area contributed by atoms with Gasteiger partial charge in [0.2, 0.25) is 0 Å². The molecule has 2 heterocycles. The van der Waals surface area contributed by atoms with Gasteiger partial charge in [0, 0.05) is 42.8 Å². The molecular weight excluding hydrogens is 301 g/mol. The second-order valence-electron chi connectivity index (χ2n) is 5.46. The predicted molar refractivity (Wildman–Crippen MR) is 84.4 cm³/mol. The normalized spacial score (nSPS) is 16.0. The third-order valence-electron chi connectivity index (χ3n) is 3.76. The second kappa shape index (κ2) is 6.54. The molecule has 1 aromatic carbocycles. The lowest BCUT2D eigenvalue weighted by molar-refractivity contribution is 0.0628. The molecule has 1 saturated heterocycles. The van der Waals surface area contributed by atoms with Crippen molar-refractivity contribution in [3.63, 3.8) is 0 Å². The molecule has 0 aliphatic carbocycles. The number of carbonyl (C=O) groups is 1. The smallest absolute Gasteiger partial charge is 0.254 e. The first-order valence-electron chi connectivity index (χ1n) is 7.30. The SMILES string of the molecule is Cc1csc(CN2CCN(C(=O)c3cccc(F)c3)CC2)n1. The molecule has 4 nitrogen and oxygen atoms in total. The van der Waals surface area contributed by atoms with Crippen molar-refractivity contribution in [2.45, 2.75) is 13.5 Å². The van der Waals surface area contributed by atoms with E-state index in [0.29, 0.717) is 18.7 Å². The molecule has 2 aromatic rings. The fraction of sp³-hybridized carbons (Fsp3) is 0.375. The van der Waals surface area contributed by atoms with Crippen LogP contribution in [0.5, 0.6) is 0 Å². The molecule has 22 heavy (non-hydrogen) atoms. The van der Waals surface area contributed by atoms with Crippen LogP contribution < -0.4 is 0 Å². The maximum absolute atomic E-state index is 13.2. The first-order chi connectivity index (χ1) is 10.6. The molecule has 1 fully saturated rings. The van der Waals surface area contributed by atoms with Crippen LogP contribution in [0.4, 0.5) is 4.39 Å². The molecule has 0 radical (unpaired) electrons. The number of aromatic nitrogens is 1. The van der Waals surface area contributed by atoms with Crippen LogP contribution in [-0.2, 0) is 6.54 Å². The third-order valence-corrected chi connectivity index (χ3v) is 4.71. The highest BCUT2D eigenvalue weighted by atomic mass is 32.1. The van der Waals surface area contributed by atoms with Crippen LogP contribution in [0.2, 0.25) is 0 Å². The first-order valence-corrected chi connectivity index (χ1v) is 8.18. The van der Waals surface area contributed by atoms with Crippen LogP contribution in [0, 0.1) is 12.7 Å². The van der Waals surface area contributed by atoms with Crippen LogP contribution in [0.3, 0.4) is 0 Å². The Bertz CT molecular complexity index is 665. The van der Waals surface area contributed by atoms with Crippen LogP contribution in [0.1, 0.15) is 21.1 Å². The van der Waals surface area contributed by atoms with E-state index in [-0.39, 0.29) is 11.7 Å². The molecule has 0 bridgehead atoms. The van der Waals surface area contributed by atoms with Crippen molar-refractivity contribution in [1.82, 2.24) is 14.8 Å². The lowest BCUT2D eigenvalue weighted by Crippen LogP contribution is -2.48. The first kappa shape index (κ1) is 15.1. The van der Waals surface area contributed by atoms with Crippen molar-refractivity contribution in [2.24, 2.45) is 0 Å². The fourth-order valence-corrected chi connectivity index (χ4v) is 3.39. The Hall–Kier alpha value is -1.79. The highest BCUT2D eigenvalue weighted by molar-refractivity contribution is 7.09. The van der Waals surface area contributed by atoms with Gasteiger partial charge >= 0.3 is 0 Å². The van der Waals surface area contributed by atoms with Crippen LogP contribution in [0.25, 0.3) is 0 Å². The number of carbonyl (C=O) groups excluding carboxylic acids is 1. The van der Waals surface area contributed by atoms with Crippen molar-refractivity contribution in [3.05, 3.63) is 51.7 Å². The highest BCUT2D eigenvalue weighted by Gasteiger charge is 2.22. The molecule has 3 rings (SSSR count). The van der Waals surface area contributed by atoms with Crippen molar-refractivity contribution in [3.8, 4) is 0 Å². The van der Waals surface area contributed by atoms with Crippen LogP contribution in [-0.4, -0.2) is 46.9 Å². The molecule has 6 heteroatoms. The lowest BCUT2D eigenvalue weighted by Gasteiger charge is -2.34. The standard InChI is InChI=1S/C16H18FN3OS/c1-12-11-22-15(18-12)10-19-5-7-20(8-6-19)16(21)13-3-2-4-14(17)9-13/h2-4,9,11H,5-8,10H2,1H3. The summed E-state index contributed by atoms with van der Waals surface area (Å²) in [6, 6.07) is 5.89. The number of halogens is 1. The molecule has 0 atom stereocenters. The summed E-state index contributed by atoms with van der Waals surface area (Å²) in [7, 11) is 0. The summed E-state index contributed by atoms with van der Waals surface area (Å²) < 4.78 is 13.2. The molecule has 0 saturated carbocycles. The minimum Gasteiger partial charge on any atom is -0.336 e. The molecule has 0 unspecified atom stereocenters. The number of thiazole rings is 1. The summed E-state index contributed by atoms with van der Waals surface area (Å²) in [6.07, 6.45) is 0. The lowest BCUT2D eigenvalue weighted by atomic mass is 10.1. The summed E-state index contributed by atoms with van der Waals surface area (Å²) >= 11 is 1.67. The molecule has 0 N–H and O–H groups in total. The minimum atomic E-state index is -0.372. The van der Waals surface area contributed by atoms with E-state index < -0.39 is 0 Å². The zero-order chi connectivity index (χ0) is 15.5. The van der Waals surface area contributed by atoms with Gasteiger partial charge in [0.1, 0.15) is 10.8 Å². The molecule has 1 aliphatic rings. The average Bonchev–Trinajstić information content (AvgIpc) is 2.92. The number of hydrogen-bond donors (Lipinski definition) is 0. The number of amides is 1. The van der Waals surface area contributed by atoms with Gasteiger partial charge in [-0.1, -0.05) is 6.07 Å². The van der Waals surface area contributed by atoms with Gasteiger partial charge in [-0.2, -0.15) is 0 Å². The molecule has 0 spiro atoms. The van der Waals surface area contributed by atoms with Crippen LogP contribution >= 0.6 is 11.3 Å². The Labute approximate surface area is 133 Å². The van der Waals surface area contributed by atoms with Gasteiger partial charge in [0.05, 0.1) is 6.54 Å². The molecule has 116 valence electrons. The number of aryl methyl sites for hydroxylation is 1. The Kier molecular flexibility index (Phi) is 4.49. The second-order valence-corrected chi connectivity index (χ2v) is 6.40. The van der Waals surface area contributed by atoms with Crippen molar-refractivity contribution >= 4 is 17.2 Å². The summed E-state index contributed by atoms with van der Waals surface area (Å²) in [6.45, 7) is 5.80. The van der Waals surface area contributed by atoms with E-state index in [1.165, 1.54) is 12.1 Å².